The van der Waals surface area contributed by atoms with Gasteiger partial charge in [-0.15, -0.1) is 0 Å². The SMILES string of the molecule is CC(C)C(CC(=O)O)NC(=O)Cc1ccc(O)cc1. The molecular weight excluding hydrogens is 246 g/mol. The van der Waals surface area contributed by atoms with Crippen molar-refractivity contribution in [2.24, 2.45) is 5.92 Å². The van der Waals surface area contributed by atoms with E-state index < -0.39 is 5.97 Å². The molecule has 1 aromatic rings. The van der Waals surface area contributed by atoms with Gasteiger partial charge in [0.1, 0.15) is 5.75 Å². The average molecular weight is 265 g/mol. The van der Waals surface area contributed by atoms with Crippen LogP contribution in [-0.2, 0) is 16.0 Å². The first-order chi connectivity index (χ1) is 8.88. The van der Waals surface area contributed by atoms with E-state index in [9.17, 15) is 9.59 Å². The van der Waals surface area contributed by atoms with Gasteiger partial charge in [-0.25, -0.2) is 0 Å². The summed E-state index contributed by atoms with van der Waals surface area (Å²) >= 11 is 0. The van der Waals surface area contributed by atoms with Gasteiger partial charge < -0.3 is 15.5 Å². The summed E-state index contributed by atoms with van der Waals surface area (Å²) in [4.78, 5) is 22.5. The Hall–Kier alpha value is -2.04. The molecule has 0 radical (unpaired) electrons. The Bertz CT molecular complexity index is 439. The molecule has 1 rings (SSSR count). The summed E-state index contributed by atoms with van der Waals surface area (Å²) in [7, 11) is 0. The summed E-state index contributed by atoms with van der Waals surface area (Å²) in [6.45, 7) is 3.74. The van der Waals surface area contributed by atoms with E-state index in [-0.39, 0.29) is 36.5 Å². The summed E-state index contributed by atoms with van der Waals surface area (Å²) in [6.07, 6.45) is 0.0854. The number of aliphatic carboxylic acids is 1. The first-order valence-corrected chi connectivity index (χ1v) is 6.17. The van der Waals surface area contributed by atoms with Crippen LogP contribution in [0.3, 0.4) is 0 Å². The number of carbonyl (C=O) groups is 2. The van der Waals surface area contributed by atoms with Crippen LogP contribution < -0.4 is 5.32 Å². The number of carboxylic acid groups (broad SMARTS) is 1. The van der Waals surface area contributed by atoms with E-state index >= 15 is 0 Å². The Morgan fingerprint density at radius 2 is 1.79 bits per heavy atom. The first kappa shape index (κ1) is 15.0. The Balaban J connectivity index is 2.57. The molecule has 0 saturated carbocycles. The number of rotatable bonds is 6. The predicted octanol–water partition coefficient (Wildman–Crippen LogP) is 1.55. The smallest absolute Gasteiger partial charge is 0.305 e. The van der Waals surface area contributed by atoms with Crippen molar-refractivity contribution < 1.29 is 19.8 Å². The third-order valence-electron chi connectivity index (χ3n) is 2.85. The molecule has 104 valence electrons. The van der Waals surface area contributed by atoms with Crippen molar-refractivity contribution in [1.29, 1.82) is 0 Å². The minimum absolute atomic E-state index is 0.0554. The van der Waals surface area contributed by atoms with E-state index in [1.807, 2.05) is 13.8 Å². The highest BCUT2D eigenvalue weighted by atomic mass is 16.4. The van der Waals surface area contributed by atoms with Crippen LogP contribution in [0.2, 0.25) is 0 Å². The van der Waals surface area contributed by atoms with Crippen molar-refractivity contribution in [2.45, 2.75) is 32.7 Å². The maximum absolute atomic E-state index is 11.8. The Labute approximate surface area is 112 Å². The fraction of sp³-hybridized carbons (Fsp3) is 0.429. The number of benzene rings is 1. The summed E-state index contributed by atoms with van der Waals surface area (Å²) in [5, 5.41) is 20.7. The van der Waals surface area contributed by atoms with Crippen LogP contribution in [0, 0.1) is 5.92 Å². The van der Waals surface area contributed by atoms with Gasteiger partial charge in [-0.05, 0) is 23.6 Å². The normalized spacial score (nSPS) is 12.2. The number of amides is 1. The molecule has 5 nitrogen and oxygen atoms in total. The van der Waals surface area contributed by atoms with Crippen molar-refractivity contribution in [2.75, 3.05) is 0 Å². The maximum atomic E-state index is 11.8. The van der Waals surface area contributed by atoms with Crippen molar-refractivity contribution in [1.82, 2.24) is 5.32 Å². The Morgan fingerprint density at radius 3 is 2.26 bits per heavy atom. The molecule has 1 atom stereocenters. The van der Waals surface area contributed by atoms with Crippen molar-refractivity contribution in [3.63, 3.8) is 0 Å². The highest BCUT2D eigenvalue weighted by Crippen LogP contribution is 2.11. The molecule has 0 spiro atoms. The molecule has 1 aromatic carbocycles. The fourth-order valence-corrected chi connectivity index (χ4v) is 1.70. The van der Waals surface area contributed by atoms with E-state index in [1.54, 1.807) is 12.1 Å². The van der Waals surface area contributed by atoms with Gasteiger partial charge in [0.15, 0.2) is 0 Å². The molecule has 1 amide bonds. The third-order valence-corrected chi connectivity index (χ3v) is 2.85. The number of phenolic OH excluding ortho intramolecular Hbond substituents is 1. The van der Waals surface area contributed by atoms with Gasteiger partial charge in [0.05, 0.1) is 12.8 Å². The predicted molar refractivity (Wildman–Crippen MR) is 70.8 cm³/mol. The zero-order chi connectivity index (χ0) is 14.4. The number of phenols is 1. The fourth-order valence-electron chi connectivity index (χ4n) is 1.70. The second kappa shape index (κ2) is 6.78. The molecule has 19 heavy (non-hydrogen) atoms. The number of carbonyl (C=O) groups excluding carboxylic acids is 1. The molecule has 5 heteroatoms. The molecule has 0 aliphatic heterocycles. The Morgan fingerprint density at radius 1 is 1.21 bits per heavy atom. The quantitative estimate of drug-likeness (QED) is 0.728. The molecular formula is C14H19NO4. The highest BCUT2D eigenvalue weighted by Gasteiger charge is 2.19. The summed E-state index contributed by atoms with van der Waals surface area (Å²) in [6, 6.07) is 5.98. The number of carboxylic acids is 1. The third kappa shape index (κ3) is 5.42. The Kier molecular flexibility index (Phi) is 5.36. The lowest BCUT2D eigenvalue weighted by molar-refractivity contribution is -0.138. The summed E-state index contributed by atoms with van der Waals surface area (Å²) in [5.74, 6) is -0.941. The lowest BCUT2D eigenvalue weighted by Crippen LogP contribution is -2.40. The van der Waals surface area contributed by atoms with E-state index in [2.05, 4.69) is 5.32 Å². The molecule has 0 aliphatic rings. The van der Waals surface area contributed by atoms with Gasteiger partial charge in [0, 0.05) is 6.04 Å². The number of hydrogen-bond donors (Lipinski definition) is 3. The molecule has 3 N–H and O–H groups in total. The number of aromatic hydroxyl groups is 1. The maximum Gasteiger partial charge on any atom is 0.305 e. The van der Waals surface area contributed by atoms with Crippen LogP contribution in [0.1, 0.15) is 25.8 Å². The lowest BCUT2D eigenvalue weighted by atomic mass is 10.0. The number of nitrogens with one attached hydrogen (secondary N) is 1. The molecule has 1 unspecified atom stereocenters. The number of hydrogen-bond acceptors (Lipinski definition) is 3. The van der Waals surface area contributed by atoms with E-state index in [1.165, 1.54) is 12.1 Å². The van der Waals surface area contributed by atoms with Gasteiger partial charge in [-0.1, -0.05) is 26.0 Å². The largest absolute Gasteiger partial charge is 0.508 e. The van der Waals surface area contributed by atoms with Gasteiger partial charge in [-0.3, -0.25) is 9.59 Å². The average Bonchev–Trinajstić information content (AvgIpc) is 2.30. The highest BCUT2D eigenvalue weighted by molar-refractivity contribution is 5.79. The minimum Gasteiger partial charge on any atom is -0.508 e. The van der Waals surface area contributed by atoms with Crippen LogP contribution in [-0.4, -0.2) is 28.1 Å². The molecule has 0 aliphatic carbocycles. The van der Waals surface area contributed by atoms with Crippen LogP contribution >= 0.6 is 0 Å². The summed E-state index contributed by atoms with van der Waals surface area (Å²) < 4.78 is 0. The van der Waals surface area contributed by atoms with Gasteiger partial charge >= 0.3 is 5.97 Å². The van der Waals surface area contributed by atoms with Crippen molar-refractivity contribution in [3.8, 4) is 5.75 Å². The van der Waals surface area contributed by atoms with Crippen LogP contribution in [0.4, 0.5) is 0 Å². The molecule has 0 heterocycles. The first-order valence-electron chi connectivity index (χ1n) is 6.17. The monoisotopic (exact) mass is 265 g/mol. The van der Waals surface area contributed by atoms with E-state index in [0.717, 1.165) is 5.56 Å². The summed E-state index contributed by atoms with van der Waals surface area (Å²) in [5.41, 5.74) is 0.771. The molecule has 0 aromatic heterocycles. The second-order valence-electron chi connectivity index (χ2n) is 4.86. The standard InChI is InChI=1S/C14H19NO4/c1-9(2)12(8-14(18)19)15-13(17)7-10-3-5-11(16)6-4-10/h3-6,9,12,16H,7-8H2,1-2H3,(H,15,17)(H,18,19). The molecule has 0 bridgehead atoms. The zero-order valence-electron chi connectivity index (χ0n) is 11.1. The second-order valence-corrected chi connectivity index (χ2v) is 4.86. The van der Waals surface area contributed by atoms with Crippen LogP contribution in [0.25, 0.3) is 0 Å². The van der Waals surface area contributed by atoms with Gasteiger partial charge in [0.25, 0.3) is 0 Å². The van der Waals surface area contributed by atoms with Crippen LogP contribution in [0.5, 0.6) is 5.75 Å². The van der Waals surface area contributed by atoms with Crippen LogP contribution in [0.15, 0.2) is 24.3 Å². The zero-order valence-corrected chi connectivity index (χ0v) is 11.1. The topological polar surface area (TPSA) is 86.6 Å². The molecule has 0 fully saturated rings. The minimum atomic E-state index is -0.927. The van der Waals surface area contributed by atoms with Gasteiger partial charge in [-0.2, -0.15) is 0 Å². The van der Waals surface area contributed by atoms with E-state index in [0.29, 0.717) is 0 Å². The lowest BCUT2D eigenvalue weighted by Gasteiger charge is -2.20. The van der Waals surface area contributed by atoms with E-state index in [4.69, 9.17) is 10.2 Å². The molecule has 0 saturated heterocycles. The van der Waals surface area contributed by atoms with Crippen molar-refractivity contribution >= 4 is 11.9 Å². The van der Waals surface area contributed by atoms with Crippen molar-refractivity contribution in [3.05, 3.63) is 29.8 Å². The van der Waals surface area contributed by atoms with Gasteiger partial charge in [0.2, 0.25) is 5.91 Å².